The van der Waals surface area contributed by atoms with Crippen LogP contribution in [0.4, 0.5) is 0 Å². The van der Waals surface area contributed by atoms with Crippen molar-refractivity contribution in [1.82, 2.24) is 9.88 Å². The molecule has 0 unspecified atom stereocenters. The second-order valence-electron chi connectivity index (χ2n) is 3.03. The predicted molar refractivity (Wildman–Crippen MR) is 55.1 cm³/mol. The number of esters is 1. The fourth-order valence-corrected chi connectivity index (χ4v) is 1.72. The summed E-state index contributed by atoms with van der Waals surface area (Å²) in [6.07, 6.45) is 2.28. The number of ether oxygens (including phenoxy) is 1. The van der Waals surface area contributed by atoms with Crippen LogP contribution in [0, 0.1) is 0 Å². The van der Waals surface area contributed by atoms with E-state index in [1.54, 1.807) is 11.3 Å². The minimum Gasteiger partial charge on any atom is -0.469 e. The number of hydrogen-bond donors (Lipinski definition) is 0. The molecule has 0 aliphatic rings. The van der Waals surface area contributed by atoms with Gasteiger partial charge in [0.2, 0.25) is 0 Å². The predicted octanol–water partition coefficient (Wildman–Crippen LogP) is 1.14. The topological polar surface area (TPSA) is 42.4 Å². The van der Waals surface area contributed by atoms with E-state index in [1.165, 1.54) is 12.0 Å². The van der Waals surface area contributed by atoms with Gasteiger partial charge in [-0.2, -0.15) is 0 Å². The number of aromatic nitrogens is 1. The molecule has 78 valence electrons. The van der Waals surface area contributed by atoms with E-state index >= 15 is 0 Å². The molecular formula is C9H14N2O2S. The standard InChI is InChI=1S/C9H14N2O2S/c1-11(4-3-9(12)13-2)6-8-5-10-7-14-8/h5,7H,3-4,6H2,1-2H3. The van der Waals surface area contributed by atoms with Crippen LogP contribution in [-0.2, 0) is 16.1 Å². The maximum absolute atomic E-state index is 10.9. The van der Waals surface area contributed by atoms with E-state index in [4.69, 9.17) is 0 Å². The Bertz CT molecular complexity index is 274. The van der Waals surface area contributed by atoms with Crippen molar-refractivity contribution in [1.29, 1.82) is 0 Å². The van der Waals surface area contributed by atoms with Crippen LogP contribution in [0.25, 0.3) is 0 Å². The monoisotopic (exact) mass is 214 g/mol. The molecule has 4 nitrogen and oxygen atoms in total. The molecule has 0 aromatic carbocycles. The highest BCUT2D eigenvalue weighted by Crippen LogP contribution is 2.08. The van der Waals surface area contributed by atoms with Crippen molar-refractivity contribution in [3.63, 3.8) is 0 Å². The van der Waals surface area contributed by atoms with Gasteiger partial charge in [0.25, 0.3) is 0 Å². The molecule has 0 aliphatic carbocycles. The van der Waals surface area contributed by atoms with Gasteiger partial charge in [0.1, 0.15) is 0 Å². The highest BCUT2D eigenvalue weighted by molar-refractivity contribution is 7.09. The van der Waals surface area contributed by atoms with Crippen molar-refractivity contribution in [3.8, 4) is 0 Å². The molecule has 0 bridgehead atoms. The van der Waals surface area contributed by atoms with Crippen LogP contribution in [0.3, 0.4) is 0 Å². The van der Waals surface area contributed by atoms with Gasteiger partial charge in [-0.1, -0.05) is 0 Å². The van der Waals surface area contributed by atoms with E-state index in [1.807, 2.05) is 18.8 Å². The van der Waals surface area contributed by atoms with Crippen molar-refractivity contribution < 1.29 is 9.53 Å². The van der Waals surface area contributed by atoms with Crippen molar-refractivity contribution in [2.45, 2.75) is 13.0 Å². The number of methoxy groups -OCH3 is 1. The summed E-state index contributed by atoms with van der Waals surface area (Å²) in [5, 5.41) is 0. The lowest BCUT2D eigenvalue weighted by atomic mass is 10.4. The van der Waals surface area contributed by atoms with Crippen LogP contribution in [0.2, 0.25) is 0 Å². The van der Waals surface area contributed by atoms with Crippen LogP contribution in [0.1, 0.15) is 11.3 Å². The van der Waals surface area contributed by atoms with Gasteiger partial charge in [0.15, 0.2) is 0 Å². The Morgan fingerprint density at radius 2 is 2.50 bits per heavy atom. The fourth-order valence-electron chi connectivity index (χ4n) is 1.05. The second-order valence-corrected chi connectivity index (χ2v) is 4.00. The minimum atomic E-state index is -0.166. The van der Waals surface area contributed by atoms with Crippen LogP contribution in [0.5, 0.6) is 0 Å². The molecule has 0 radical (unpaired) electrons. The molecule has 5 heteroatoms. The number of rotatable bonds is 5. The van der Waals surface area contributed by atoms with E-state index in [-0.39, 0.29) is 5.97 Å². The fraction of sp³-hybridized carbons (Fsp3) is 0.556. The Morgan fingerprint density at radius 1 is 1.71 bits per heavy atom. The maximum atomic E-state index is 10.9. The van der Waals surface area contributed by atoms with E-state index in [0.717, 1.165) is 6.54 Å². The summed E-state index contributed by atoms with van der Waals surface area (Å²) >= 11 is 1.62. The van der Waals surface area contributed by atoms with Gasteiger partial charge in [-0.3, -0.25) is 9.78 Å². The zero-order valence-electron chi connectivity index (χ0n) is 8.40. The minimum absolute atomic E-state index is 0.166. The van der Waals surface area contributed by atoms with Crippen LogP contribution >= 0.6 is 11.3 Å². The first-order valence-corrected chi connectivity index (χ1v) is 5.23. The quantitative estimate of drug-likeness (QED) is 0.689. The Kier molecular flexibility index (Phi) is 4.55. The van der Waals surface area contributed by atoms with Gasteiger partial charge in [-0.15, -0.1) is 11.3 Å². The third-order valence-corrected chi connectivity index (χ3v) is 2.60. The molecule has 0 amide bonds. The zero-order chi connectivity index (χ0) is 10.4. The molecule has 0 fully saturated rings. The summed E-state index contributed by atoms with van der Waals surface area (Å²) in [4.78, 5) is 18.1. The lowest BCUT2D eigenvalue weighted by Crippen LogP contribution is -2.21. The normalized spacial score (nSPS) is 10.5. The van der Waals surface area contributed by atoms with E-state index in [9.17, 15) is 4.79 Å². The molecule has 14 heavy (non-hydrogen) atoms. The lowest BCUT2D eigenvalue weighted by molar-refractivity contribution is -0.140. The Hall–Kier alpha value is -0.940. The number of hydrogen-bond acceptors (Lipinski definition) is 5. The summed E-state index contributed by atoms with van der Waals surface area (Å²) in [7, 11) is 3.38. The highest BCUT2D eigenvalue weighted by Gasteiger charge is 2.05. The Balaban J connectivity index is 2.22. The van der Waals surface area contributed by atoms with Crippen molar-refractivity contribution >= 4 is 17.3 Å². The van der Waals surface area contributed by atoms with Crippen molar-refractivity contribution in [2.24, 2.45) is 0 Å². The first kappa shape index (κ1) is 11.1. The van der Waals surface area contributed by atoms with Gasteiger partial charge in [0, 0.05) is 24.2 Å². The molecule has 1 rings (SSSR count). The molecule has 0 saturated heterocycles. The lowest BCUT2D eigenvalue weighted by Gasteiger charge is -2.13. The number of thiazole rings is 1. The molecule has 0 aliphatic heterocycles. The van der Waals surface area contributed by atoms with Gasteiger partial charge < -0.3 is 9.64 Å². The molecule has 1 heterocycles. The number of carbonyl (C=O) groups is 1. The SMILES string of the molecule is COC(=O)CCN(C)Cc1cncs1. The molecule has 1 aromatic heterocycles. The zero-order valence-corrected chi connectivity index (χ0v) is 9.21. The average Bonchev–Trinajstić information content (AvgIpc) is 2.66. The summed E-state index contributed by atoms with van der Waals surface area (Å²) in [5.41, 5.74) is 1.81. The van der Waals surface area contributed by atoms with E-state index < -0.39 is 0 Å². The molecule has 0 spiro atoms. The third kappa shape index (κ3) is 3.85. The molecule has 0 saturated carbocycles. The van der Waals surface area contributed by atoms with Gasteiger partial charge >= 0.3 is 5.97 Å². The average molecular weight is 214 g/mol. The summed E-state index contributed by atoms with van der Waals surface area (Å²) < 4.78 is 4.56. The Morgan fingerprint density at radius 3 is 3.07 bits per heavy atom. The first-order valence-electron chi connectivity index (χ1n) is 4.35. The molecule has 1 aromatic rings. The number of nitrogens with zero attached hydrogens (tertiary/aromatic N) is 2. The third-order valence-electron chi connectivity index (χ3n) is 1.83. The largest absolute Gasteiger partial charge is 0.469 e. The van der Waals surface area contributed by atoms with Crippen molar-refractivity contribution in [3.05, 3.63) is 16.6 Å². The van der Waals surface area contributed by atoms with E-state index in [0.29, 0.717) is 13.0 Å². The van der Waals surface area contributed by atoms with Crippen LogP contribution in [-0.4, -0.2) is 36.6 Å². The summed E-state index contributed by atoms with van der Waals surface area (Å²) in [6, 6.07) is 0. The van der Waals surface area contributed by atoms with Gasteiger partial charge in [-0.05, 0) is 7.05 Å². The smallest absolute Gasteiger partial charge is 0.306 e. The second kappa shape index (κ2) is 5.72. The highest BCUT2D eigenvalue weighted by atomic mass is 32.1. The van der Waals surface area contributed by atoms with Crippen LogP contribution < -0.4 is 0 Å². The van der Waals surface area contributed by atoms with Gasteiger partial charge in [-0.25, -0.2) is 0 Å². The summed E-state index contributed by atoms with van der Waals surface area (Å²) in [6.45, 7) is 1.55. The first-order chi connectivity index (χ1) is 6.72. The molecule has 0 atom stereocenters. The number of carbonyl (C=O) groups excluding carboxylic acids is 1. The molecule has 0 N–H and O–H groups in total. The van der Waals surface area contributed by atoms with Gasteiger partial charge in [0.05, 0.1) is 19.0 Å². The van der Waals surface area contributed by atoms with Crippen molar-refractivity contribution in [2.75, 3.05) is 20.7 Å². The van der Waals surface area contributed by atoms with Crippen LogP contribution in [0.15, 0.2) is 11.7 Å². The Labute approximate surface area is 87.5 Å². The van der Waals surface area contributed by atoms with E-state index in [2.05, 4.69) is 14.6 Å². The molecular weight excluding hydrogens is 200 g/mol. The summed E-state index contributed by atoms with van der Waals surface area (Å²) in [5.74, 6) is -0.166. The maximum Gasteiger partial charge on any atom is 0.306 e.